The number of hydrogen-bond donors (Lipinski definition) is 0. The molecule has 1 aliphatic heterocycles. The normalized spacial score (nSPS) is 35.4. The molecule has 0 aromatic rings. The second-order valence-corrected chi connectivity index (χ2v) is 3.80. The minimum atomic E-state index is -3.10. The van der Waals surface area contributed by atoms with Crippen LogP contribution in [-0.4, -0.2) is 20.8 Å². The van der Waals surface area contributed by atoms with Crippen molar-refractivity contribution in [2.45, 2.75) is 6.92 Å². The second kappa shape index (κ2) is 1.70. The Morgan fingerprint density at radius 2 is 2.25 bits per heavy atom. The molecule has 48 valence electrons. The van der Waals surface area contributed by atoms with Crippen molar-refractivity contribution in [3.63, 3.8) is 0 Å². The maximum absolute atomic E-state index is 10.4. The summed E-state index contributed by atoms with van der Waals surface area (Å²) in [6.07, 6.45) is 0. The summed E-state index contributed by atoms with van der Waals surface area (Å²) in [5.74, 6) is 0.368. The summed E-state index contributed by atoms with van der Waals surface area (Å²) in [5.41, 5.74) is 0. The zero-order valence-corrected chi connectivity index (χ0v) is 5.44. The lowest BCUT2D eigenvalue weighted by Crippen LogP contribution is -2.00. The Balaban J connectivity index is 2.71. The van der Waals surface area contributed by atoms with Crippen molar-refractivity contribution in [3.8, 4) is 0 Å². The van der Waals surface area contributed by atoms with Crippen LogP contribution in [0.4, 0.5) is 0 Å². The van der Waals surface area contributed by atoms with Crippen molar-refractivity contribution >= 4 is 10.1 Å². The molecular weight excluding hydrogens is 128 g/mol. The van der Waals surface area contributed by atoms with E-state index >= 15 is 0 Å². The lowest BCUT2D eigenvalue weighted by Gasteiger charge is -1.86. The van der Waals surface area contributed by atoms with Gasteiger partial charge in [0.05, 0.1) is 12.4 Å². The van der Waals surface area contributed by atoms with Gasteiger partial charge in [-0.3, -0.25) is 4.18 Å². The topological polar surface area (TPSA) is 43.4 Å². The molecule has 0 radical (unpaired) electrons. The summed E-state index contributed by atoms with van der Waals surface area (Å²) in [6, 6.07) is 0. The van der Waals surface area contributed by atoms with Gasteiger partial charge in [-0.1, -0.05) is 6.92 Å². The smallest absolute Gasteiger partial charge is 0.267 e. The standard InChI is InChI=1S/C4H8O3S/c1-4-2-7-8(5,6)3-4/h4H,2-3H2,1H3/t4-/m0/s1. The third-order valence-corrected chi connectivity index (χ3v) is 2.49. The highest BCUT2D eigenvalue weighted by Crippen LogP contribution is 2.12. The van der Waals surface area contributed by atoms with Crippen molar-refractivity contribution in [3.05, 3.63) is 0 Å². The lowest BCUT2D eigenvalue weighted by atomic mass is 10.2. The van der Waals surface area contributed by atoms with Gasteiger partial charge in [-0.2, -0.15) is 8.42 Å². The van der Waals surface area contributed by atoms with E-state index in [1.807, 2.05) is 6.92 Å². The predicted molar refractivity (Wildman–Crippen MR) is 28.9 cm³/mol. The minimum absolute atomic E-state index is 0.181. The van der Waals surface area contributed by atoms with E-state index < -0.39 is 10.1 Å². The van der Waals surface area contributed by atoms with E-state index in [0.29, 0.717) is 6.61 Å². The van der Waals surface area contributed by atoms with E-state index in [4.69, 9.17) is 0 Å². The lowest BCUT2D eigenvalue weighted by molar-refractivity contribution is 0.322. The Bertz CT molecular complexity index is 170. The summed E-state index contributed by atoms with van der Waals surface area (Å²) < 4.78 is 25.3. The van der Waals surface area contributed by atoms with Gasteiger partial charge in [0.2, 0.25) is 0 Å². The maximum atomic E-state index is 10.4. The fraction of sp³-hybridized carbons (Fsp3) is 1.00. The van der Waals surface area contributed by atoms with E-state index in [0.717, 1.165) is 0 Å². The van der Waals surface area contributed by atoms with E-state index in [1.165, 1.54) is 0 Å². The molecule has 1 saturated heterocycles. The SMILES string of the molecule is C[C@H]1COS(=O)(=O)C1. The third kappa shape index (κ3) is 1.20. The van der Waals surface area contributed by atoms with Crippen LogP contribution in [-0.2, 0) is 14.3 Å². The van der Waals surface area contributed by atoms with Crippen LogP contribution in [0.2, 0.25) is 0 Å². The first-order chi connectivity index (χ1) is 3.60. The van der Waals surface area contributed by atoms with Gasteiger partial charge in [-0.25, -0.2) is 0 Å². The summed E-state index contributed by atoms with van der Waals surface area (Å²) in [4.78, 5) is 0. The summed E-state index contributed by atoms with van der Waals surface area (Å²) >= 11 is 0. The summed E-state index contributed by atoms with van der Waals surface area (Å²) in [6.45, 7) is 2.22. The van der Waals surface area contributed by atoms with Crippen LogP contribution in [0.3, 0.4) is 0 Å². The van der Waals surface area contributed by atoms with Gasteiger partial charge in [0, 0.05) is 0 Å². The molecule has 1 aliphatic rings. The van der Waals surface area contributed by atoms with Gasteiger partial charge in [-0.05, 0) is 5.92 Å². The molecule has 0 saturated carbocycles. The number of rotatable bonds is 0. The third-order valence-electron chi connectivity index (χ3n) is 1.02. The first-order valence-electron chi connectivity index (χ1n) is 2.47. The summed E-state index contributed by atoms with van der Waals surface area (Å²) in [7, 11) is -3.10. The Kier molecular flexibility index (Phi) is 1.28. The molecule has 1 heterocycles. The molecule has 0 amide bonds. The highest BCUT2D eigenvalue weighted by atomic mass is 32.2. The van der Waals surface area contributed by atoms with Gasteiger partial charge < -0.3 is 0 Å². The molecule has 4 heteroatoms. The Morgan fingerprint density at radius 3 is 2.38 bits per heavy atom. The van der Waals surface area contributed by atoms with Crippen molar-refractivity contribution < 1.29 is 12.6 Å². The van der Waals surface area contributed by atoms with Crippen LogP contribution in [0, 0.1) is 5.92 Å². The first-order valence-corrected chi connectivity index (χ1v) is 4.05. The zero-order valence-electron chi connectivity index (χ0n) is 4.62. The van der Waals surface area contributed by atoms with E-state index in [2.05, 4.69) is 4.18 Å². The first kappa shape index (κ1) is 6.04. The Hall–Kier alpha value is -0.0900. The van der Waals surface area contributed by atoms with Gasteiger partial charge in [0.1, 0.15) is 0 Å². The Labute approximate surface area is 48.8 Å². The molecule has 0 aromatic carbocycles. The van der Waals surface area contributed by atoms with Crippen molar-refractivity contribution in [1.82, 2.24) is 0 Å². The average Bonchev–Trinajstić information content (AvgIpc) is 1.82. The van der Waals surface area contributed by atoms with E-state index in [-0.39, 0.29) is 11.7 Å². The molecule has 0 bridgehead atoms. The van der Waals surface area contributed by atoms with Crippen molar-refractivity contribution in [1.29, 1.82) is 0 Å². The predicted octanol–water partition coefficient (Wildman–Crippen LogP) is -0.0175. The van der Waals surface area contributed by atoms with Crippen molar-refractivity contribution in [2.24, 2.45) is 5.92 Å². The van der Waals surface area contributed by atoms with Crippen LogP contribution in [0.5, 0.6) is 0 Å². The highest BCUT2D eigenvalue weighted by molar-refractivity contribution is 7.86. The van der Waals surface area contributed by atoms with Crippen LogP contribution in [0.25, 0.3) is 0 Å². The van der Waals surface area contributed by atoms with E-state index in [9.17, 15) is 8.42 Å². The molecule has 8 heavy (non-hydrogen) atoms. The zero-order chi connectivity index (χ0) is 6.20. The van der Waals surface area contributed by atoms with Crippen molar-refractivity contribution in [2.75, 3.05) is 12.4 Å². The fourth-order valence-corrected chi connectivity index (χ4v) is 1.99. The van der Waals surface area contributed by atoms with E-state index in [1.54, 1.807) is 0 Å². The molecule has 0 aliphatic carbocycles. The quantitative estimate of drug-likeness (QED) is 0.440. The fourth-order valence-electron chi connectivity index (χ4n) is 0.665. The largest absolute Gasteiger partial charge is 0.270 e. The van der Waals surface area contributed by atoms with Crippen LogP contribution in [0.15, 0.2) is 0 Å². The maximum Gasteiger partial charge on any atom is 0.267 e. The monoisotopic (exact) mass is 136 g/mol. The van der Waals surface area contributed by atoms with Gasteiger partial charge >= 0.3 is 0 Å². The molecule has 1 fully saturated rings. The number of hydrogen-bond acceptors (Lipinski definition) is 3. The molecule has 0 spiro atoms. The molecule has 1 atom stereocenters. The molecule has 3 nitrogen and oxygen atoms in total. The van der Waals surface area contributed by atoms with Crippen LogP contribution >= 0.6 is 0 Å². The van der Waals surface area contributed by atoms with Crippen LogP contribution in [0.1, 0.15) is 6.92 Å². The van der Waals surface area contributed by atoms with Gasteiger partial charge in [0.15, 0.2) is 0 Å². The average molecular weight is 136 g/mol. The molecular formula is C4H8O3S. The highest BCUT2D eigenvalue weighted by Gasteiger charge is 2.24. The minimum Gasteiger partial charge on any atom is -0.270 e. The summed E-state index contributed by atoms with van der Waals surface area (Å²) in [5, 5.41) is 0. The second-order valence-electron chi connectivity index (χ2n) is 2.11. The molecule has 1 rings (SSSR count). The molecule has 0 aromatic heterocycles. The van der Waals surface area contributed by atoms with Gasteiger partial charge in [0.25, 0.3) is 10.1 Å². The van der Waals surface area contributed by atoms with Gasteiger partial charge in [-0.15, -0.1) is 0 Å². The molecule has 0 N–H and O–H groups in total. The Morgan fingerprint density at radius 1 is 1.62 bits per heavy atom. The van der Waals surface area contributed by atoms with Crippen LogP contribution < -0.4 is 0 Å². The molecule has 0 unspecified atom stereocenters.